The maximum absolute atomic E-state index is 14.3. The third kappa shape index (κ3) is 3.29. The minimum absolute atomic E-state index is 0.231. The van der Waals surface area contributed by atoms with Gasteiger partial charge in [0.1, 0.15) is 0 Å². The number of hydrogen-bond donors (Lipinski definition) is 2. The molecule has 1 fully saturated rings. The monoisotopic (exact) mass is 590 g/mol. The number of carbonyl (C=O) groups excluding carboxylic acids is 3. The fraction of sp³-hybridized carbons (Fsp3) is 0.125. The average Bonchev–Trinajstić information content (AvgIpc) is 3.24. The van der Waals surface area contributed by atoms with Crippen molar-refractivity contribution in [3.63, 3.8) is 0 Å². The van der Waals surface area contributed by atoms with E-state index in [2.05, 4.69) is 26.5 Å². The van der Waals surface area contributed by atoms with Crippen molar-refractivity contribution in [2.75, 3.05) is 10.6 Å². The molecule has 8 rings (SSSR count). The van der Waals surface area contributed by atoms with Crippen LogP contribution in [0.4, 0.5) is 11.4 Å². The minimum atomic E-state index is -1.07. The van der Waals surface area contributed by atoms with Crippen LogP contribution in [0.15, 0.2) is 107 Å². The number of benzene rings is 4. The molecule has 2 atom stereocenters. The molecule has 1 heterocycles. The molecule has 0 saturated carbocycles. The fourth-order valence-electron chi connectivity index (χ4n) is 6.85. The molecule has 1 aliphatic heterocycles. The van der Waals surface area contributed by atoms with Crippen LogP contribution in [-0.4, -0.2) is 23.9 Å². The van der Waals surface area contributed by atoms with Gasteiger partial charge in [-0.2, -0.15) is 5.10 Å². The maximum Gasteiger partial charge on any atom is 0.273 e. The first-order chi connectivity index (χ1) is 19.4. The van der Waals surface area contributed by atoms with Crippen LogP contribution < -0.4 is 16.1 Å². The van der Waals surface area contributed by atoms with Crippen molar-refractivity contribution in [2.45, 2.75) is 11.3 Å². The molecule has 3 aliphatic carbocycles. The van der Waals surface area contributed by atoms with Crippen molar-refractivity contribution in [3.8, 4) is 0 Å². The molecule has 196 valence electrons. The van der Waals surface area contributed by atoms with Gasteiger partial charge in [0.15, 0.2) is 0 Å². The van der Waals surface area contributed by atoms with E-state index in [9.17, 15) is 14.4 Å². The van der Waals surface area contributed by atoms with E-state index in [0.717, 1.165) is 26.7 Å². The molecule has 0 radical (unpaired) electrons. The molecule has 0 unspecified atom stereocenters. The first kappa shape index (κ1) is 24.5. The summed E-state index contributed by atoms with van der Waals surface area (Å²) in [5, 5.41) is 4.44. The number of nitrogens with zero attached hydrogens (tertiary/aromatic N) is 2. The summed E-state index contributed by atoms with van der Waals surface area (Å²) in [6, 6.07) is 29.8. The molecule has 8 heteroatoms. The number of halogens is 1. The Morgan fingerprint density at radius 2 is 1.45 bits per heavy atom. The highest BCUT2D eigenvalue weighted by Crippen LogP contribution is 2.63. The van der Waals surface area contributed by atoms with Crippen LogP contribution in [0.25, 0.3) is 0 Å². The highest BCUT2D eigenvalue weighted by atomic mass is 79.9. The quantitative estimate of drug-likeness (QED) is 0.151. The fourth-order valence-corrected chi connectivity index (χ4v) is 7.12. The van der Waals surface area contributed by atoms with E-state index in [-0.39, 0.29) is 17.7 Å². The van der Waals surface area contributed by atoms with Crippen molar-refractivity contribution in [1.29, 1.82) is 0 Å². The van der Waals surface area contributed by atoms with Gasteiger partial charge >= 0.3 is 0 Å². The summed E-state index contributed by atoms with van der Waals surface area (Å²) >= 11 is 3.44. The lowest BCUT2D eigenvalue weighted by atomic mass is 9.47. The van der Waals surface area contributed by atoms with E-state index in [1.54, 1.807) is 42.6 Å². The summed E-state index contributed by atoms with van der Waals surface area (Å²) < 4.78 is 0.853. The highest BCUT2D eigenvalue weighted by Gasteiger charge is 2.68. The van der Waals surface area contributed by atoms with E-state index in [4.69, 9.17) is 5.73 Å². The molecule has 3 amide bonds. The van der Waals surface area contributed by atoms with Gasteiger partial charge in [0, 0.05) is 22.3 Å². The lowest BCUT2D eigenvalue weighted by Crippen LogP contribution is -2.54. The van der Waals surface area contributed by atoms with E-state index >= 15 is 0 Å². The molecular formula is C32H23BrN4O3. The van der Waals surface area contributed by atoms with E-state index in [0.29, 0.717) is 16.9 Å². The second-order valence-electron chi connectivity index (χ2n) is 10.3. The van der Waals surface area contributed by atoms with Crippen LogP contribution in [0.3, 0.4) is 0 Å². The standard InChI is InChI=1S/C32H23BrN4O3/c33-18-13-15-19(16-14-18)37-30(39)27-26-20-7-1-4-10-23(20)32(28(27)31(37)40,24-11-5-2-8-21(24)26)17-35-36-29(38)22-9-3-6-12-25(22)34/h1-17,26-28H,34H2,(H,36,38)/b35-17-/t26?,27-,28+,32?/m0/s1. The molecule has 7 nitrogen and oxygen atoms in total. The van der Waals surface area contributed by atoms with Gasteiger partial charge in [0.25, 0.3) is 5.91 Å². The molecule has 0 spiro atoms. The Labute approximate surface area is 238 Å². The third-order valence-corrected chi connectivity index (χ3v) is 8.94. The number of nitrogens with two attached hydrogens (primary N) is 1. The number of carbonyl (C=O) groups is 3. The zero-order valence-corrected chi connectivity index (χ0v) is 22.7. The van der Waals surface area contributed by atoms with Gasteiger partial charge in [-0.25, -0.2) is 10.3 Å². The Hall–Kier alpha value is -4.56. The predicted molar refractivity (Wildman–Crippen MR) is 156 cm³/mol. The van der Waals surface area contributed by atoms with Gasteiger partial charge in [-0.3, -0.25) is 14.4 Å². The largest absolute Gasteiger partial charge is 0.398 e. The van der Waals surface area contributed by atoms with Gasteiger partial charge in [0.2, 0.25) is 11.8 Å². The number of nitrogen functional groups attached to an aromatic ring is 1. The number of anilines is 2. The Kier molecular flexibility index (Phi) is 5.50. The van der Waals surface area contributed by atoms with Crippen LogP contribution >= 0.6 is 15.9 Å². The van der Waals surface area contributed by atoms with Gasteiger partial charge in [-0.15, -0.1) is 0 Å². The third-order valence-electron chi connectivity index (χ3n) is 8.41. The number of para-hydroxylation sites is 1. The van der Waals surface area contributed by atoms with Crippen LogP contribution in [0, 0.1) is 11.8 Å². The van der Waals surface area contributed by atoms with E-state index in [1.165, 1.54) is 4.90 Å². The molecule has 4 aromatic rings. The molecule has 4 aromatic carbocycles. The molecule has 40 heavy (non-hydrogen) atoms. The Morgan fingerprint density at radius 1 is 0.850 bits per heavy atom. The molecule has 4 aliphatic rings. The molecule has 2 bridgehead atoms. The SMILES string of the molecule is Nc1ccccc1C(=O)N/N=C\C12c3ccccc3C(c3ccccc31)[C@@H]1C(=O)N(c3ccc(Br)cc3)C(=O)[C@@H]12. The van der Waals surface area contributed by atoms with Crippen molar-refractivity contribution in [3.05, 3.63) is 129 Å². The molecule has 1 saturated heterocycles. The number of hydrogen-bond acceptors (Lipinski definition) is 5. The van der Waals surface area contributed by atoms with Gasteiger partial charge in [-0.1, -0.05) is 76.6 Å². The summed E-state index contributed by atoms with van der Waals surface area (Å²) in [6.45, 7) is 0. The summed E-state index contributed by atoms with van der Waals surface area (Å²) in [4.78, 5) is 42.8. The number of imide groups is 1. The first-order valence-corrected chi connectivity index (χ1v) is 13.7. The first-order valence-electron chi connectivity index (χ1n) is 12.9. The number of nitrogens with one attached hydrogen (secondary N) is 1. The Morgan fingerprint density at radius 3 is 2.10 bits per heavy atom. The van der Waals surface area contributed by atoms with E-state index < -0.39 is 23.2 Å². The van der Waals surface area contributed by atoms with Crippen molar-refractivity contribution < 1.29 is 14.4 Å². The van der Waals surface area contributed by atoms with Crippen LogP contribution in [0.5, 0.6) is 0 Å². The molecular weight excluding hydrogens is 568 g/mol. The lowest BCUT2D eigenvalue weighted by Gasteiger charge is -2.52. The van der Waals surface area contributed by atoms with E-state index in [1.807, 2.05) is 60.7 Å². The predicted octanol–water partition coefficient (Wildman–Crippen LogP) is 5.00. The van der Waals surface area contributed by atoms with Crippen LogP contribution in [0.1, 0.15) is 38.5 Å². The summed E-state index contributed by atoms with van der Waals surface area (Å²) in [5.74, 6) is -2.60. The zero-order valence-electron chi connectivity index (χ0n) is 21.1. The van der Waals surface area contributed by atoms with Crippen molar-refractivity contribution in [2.24, 2.45) is 16.9 Å². The second kappa shape index (κ2) is 8.99. The van der Waals surface area contributed by atoms with Crippen molar-refractivity contribution in [1.82, 2.24) is 5.43 Å². The summed E-state index contributed by atoms with van der Waals surface area (Å²) in [5.41, 5.74) is 12.5. The van der Waals surface area contributed by atoms with Crippen molar-refractivity contribution >= 4 is 51.2 Å². The zero-order chi connectivity index (χ0) is 27.6. The Balaban J connectivity index is 1.41. The molecule has 3 N–H and O–H groups in total. The average molecular weight is 591 g/mol. The van der Waals surface area contributed by atoms with Gasteiger partial charge < -0.3 is 5.73 Å². The highest BCUT2D eigenvalue weighted by molar-refractivity contribution is 9.10. The normalized spacial score (nSPS) is 24.1. The maximum atomic E-state index is 14.3. The number of rotatable bonds is 4. The van der Waals surface area contributed by atoms with Crippen LogP contribution in [0.2, 0.25) is 0 Å². The Bertz CT molecular complexity index is 1700. The number of hydrazone groups is 1. The minimum Gasteiger partial charge on any atom is -0.398 e. The summed E-state index contributed by atoms with van der Waals surface area (Å²) in [6.07, 6.45) is 1.64. The smallest absolute Gasteiger partial charge is 0.273 e. The topological polar surface area (TPSA) is 105 Å². The van der Waals surface area contributed by atoms with Gasteiger partial charge in [0.05, 0.1) is 28.5 Å². The molecule has 0 aromatic heterocycles. The number of amides is 3. The lowest BCUT2D eigenvalue weighted by molar-refractivity contribution is -0.122. The summed E-state index contributed by atoms with van der Waals surface area (Å²) in [7, 11) is 0. The van der Waals surface area contributed by atoms with Gasteiger partial charge in [-0.05, 0) is 58.7 Å². The van der Waals surface area contributed by atoms with Crippen LogP contribution in [-0.2, 0) is 15.0 Å². The second-order valence-corrected chi connectivity index (χ2v) is 11.2.